The van der Waals surface area contributed by atoms with E-state index in [-0.39, 0.29) is 0 Å². The predicted octanol–water partition coefficient (Wildman–Crippen LogP) is 2.81. The van der Waals surface area contributed by atoms with E-state index in [4.69, 9.17) is 0 Å². The molecule has 0 radical (unpaired) electrons. The second-order valence-electron chi connectivity index (χ2n) is 5.23. The highest BCUT2D eigenvalue weighted by molar-refractivity contribution is 8.00. The fourth-order valence-electron chi connectivity index (χ4n) is 2.32. The molecule has 0 amide bonds. The Bertz CT molecular complexity index is 522. The van der Waals surface area contributed by atoms with Gasteiger partial charge in [-0.15, -0.1) is 11.3 Å². The lowest BCUT2D eigenvalue weighted by Gasteiger charge is -2.21. The van der Waals surface area contributed by atoms with Gasteiger partial charge < -0.3 is 5.32 Å². The van der Waals surface area contributed by atoms with Gasteiger partial charge in [-0.1, -0.05) is 13.3 Å². The van der Waals surface area contributed by atoms with E-state index in [0.717, 1.165) is 30.0 Å². The van der Waals surface area contributed by atoms with Crippen LogP contribution in [0.1, 0.15) is 37.5 Å². The van der Waals surface area contributed by atoms with E-state index in [1.165, 1.54) is 24.2 Å². The summed E-state index contributed by atoms with van der Waals surface area (Å²) >= 11 is 3.39. The molecule has 120 valence electrons. The van der Waals surface area contributed by atoms with Crippen molar-refractivity contribution in [2.24, 2.45) is 0 Å². The van der Waals surface area contributed by atoms with Crippen LogP contribution < -0.4 is 10.0 Å². The number of hydrogen-bond donors (Lipinski definition) is 2. The molecular weight excluding hydrogens is 324 g/mol. The van der Waals surface area contributed by atoms with Crippen molar-refractivity contribution < 1.29 is 8.42 Å². The van der Waals surface area contributed by atoms with Crippen LogP contribution in [0.2, 0.25) is 0 Å². The van der Waals surface area contributed by atoms with Crippen molar-refractivity contribution in [3.63, 3.8) is 0 Å². The van der Waals surface area contributed by atoms with Gasteiger partial charge in [0.1, 0.15) is 0 Å². The van der Waals surface area contributed by atoms with Gasteiger partial charge in [0.25, 0.3) is 0 Å². The van der Waals surface area contributed by atoms with Crippen molar-refractivity contribution in [1.29, 1.82) is 0 Å². The summed E-state index contributed by atoms with van der Waals surface area (Å²) < 4.78 is 27.7. The molecule has 1 atom stereocenters. The second kappa shape index (κ2) is 8.53. The minimum atomic E-state index is -3.38. The molecule has 1 aromatic heterocycles. The zero-order chi connectivity index (χ0) is 15.1. The monoisotopic (exact) mass is 348 g/mol. The van der Waals surface area contributed by atoms with Crippen LogP contribution in [0.15, 0.2) is 16.3 Å². The third kappa shape index (κ3) is 5.25. The first-order chi connectivity index (χ1) is 10.1. The summed E-state index contributed by atoms with van der Waals surface area (Å²) in [7, 11) is -3.38. The van der Waals surface area contributed by atoms with Crippen LogP contribution >= 0.6 is 23.1 Å². The zero-order valence-corrected chi connectivity index (χ0v) is 14.9. The molecule has 2 heterocycles. The number of nitrogens with one attached hydrogen (secondary N) is 2. The van der Waals surface area contributed by atoms with Gasteiger partial charge in [0.2, 0.25) is 10.0 Å². The molecule has 4 nitrogen and oxygen atoms in total. The molecule has 0 bridgehead atoms. The number of rotatable bonds is 8. The SMILES string of the molecule is CCCNCc1sccc1S(=O)(=O)NCC1CCCCS1. The quantitative estimate of drug-likeness (QED) is 0.709. The zero-order valence-electron chi connectivity index (χ0n) is 12.4. The molecule has 2 rings (SSSR count). The maximum Gasteiger partial charge on any atom is 0.241 e. The molecule has 0 spiro atoms. The molecule has 21 heavy (non-hydrogen) atoms. The molecular formula is C14H24N2O2S3. The van der Waals surface area contributed by atoms with Gasteiger partial charge >= 0.3 is 0 Å². The maximum absolute atomic E-state index is 12.4. The molecule has 2 N–H and O–H groups in total. The van der Waals surface area contributed by atoms with E-state index in [1.807, 2.05) is 17.1 Å². The summed E-state index contributed by atoms with van der Waals surface area (Å²) in [4.78, 5) is 1.34. The molecule has 0 aromatic carbocycles. The highest BCUT2D eigenvalue weighted by atomic mass is 32.2. The van der Waals surface area contributed by atoms with Crippen molar-refractivity contribution in [3.8, 4) is 0 Å². The van der Waals surface area contributed by atoms with Gasteiger partial charge in [-0.3, -0.25) is 0 Å². The average molecular weight is 349 g/mol. The topological polar surface area (TPSA) is 58.2 Å². The van der Waals surface area contributed by atoms with Crippen molar-refractivity contribution >= 4 is 33.1 Å². The third-order valence-electron chi connectivity index (χ3n) is 3.48. The smallest absolute Gasteiger partial charge is 0.241 e. The summed E-state index contributed by atoms with van der Waals surface area (Å²) in [5.74, 6) is 1.15. The van der Waals surface area contributed by atoms with E-state index in [9.17, 15) is 8.42 Å². The Hall–Kier alpha value is -0.0800. The molecule has 1 aromatic rings. The lowest BCUT2D eigenvalue weighted by atomic mass is 10.2. The number of hydrogen-bond acceptors (Lipinski definition) is 5. The minimum Gasteiger partial charge on any atom is -0.312 e. The van der Waals surface area contributed by atoms with Crippen LogP contribution in [0, 0.1) is 0 Å². The Morgan fingerprint density at radius 1 is 1.38 bits per heavy atom. The summed E-state index contributed by atoms with van der Waals surface area (Å²) in [6, 6.07) is 1.71. The highest BCUT2D eigenvalue weighted by Crippen LogP contribution is 2.26. The lowest BCUT2D eigenvalue weighted by Crippen LogP contribution is -2.32. The Morgan fingerprint density at radius 3 is 2.95 bits per heavy atom. The van der Waals surface area contributed by atoms with Crippen molar-refractivity contribution in [2.75, 3.05) is 18.8 Å². The second-order valence-corrected chi connectivity index (χ2v) is 9.37. The van der Waals surface area contributed by atoms with Crippen LogP contribution in [0.3, 0.4) is 0 Å². The lowest BCUT2D eigenvalue weighted by molar-refractivity contribution is 0.572. The van der Waals surface area contributed by atoms with Crippen LogP contribution in [-0.2, 0) is 16.6 Å². The molecule has 1 fully saturated rings. The van der Waals surface area contributed by atoms with Crippen LogP contribution in [0.4, 0.5) is 0 Å². The number of sulfonamides is 1. The molecule has 7 heteroatoms. The molecule has 0 aliphatic carbocycles. The first kappa shape index (κ1) is 17.3. The van der Waals surface area contributed by atoms with E-state index in [2.05, 4.69) is 17.0 Å². The Balaban J connectivity index is 1.93. The van der Waals surface area contributed by atoms with Gasteiger partial charge in [-0.05, 0) is 43.0 Å². The normalized spacial score (nSPS) is 19.8. The predicted molar refractivity (Wildman–Crippen MR) is 91.6 cm³/mol. The fraction of sp³-hybridized carbons (Fsp3) is 0.714. The van der Waals surface area contributed by atoms with Crippen LogP contribution in [0.25, 0.3) is 0 Å². The van der Waals surface area contributed by atoms with Gasteiger partial charge in [-0.25, -0.2) is 13.1 Å². The molecule has 1 unspecified atom stereocenters. The number of thioether (sulfide) groups is 1. The molecule has 1 aliphatic heterocycles. The summed E-state index contributed by atoms with van der Waals surface area (Å²) in [6.07, 6.45) is 4.63. The minimum absolute atomic E-state index is 0.425. The Morgan fingerprint density at radius 2 is 2.24 bits per heavy atom. The van der Waals surface area contributed by atoms with E-state index in [0.29, 0.717) is 23.2 Å². The third-order valence-corrected chi connectivity index (χ3v) is 7.44. The summed E-state index contributed by atoms with van der Waals surface area (Å²) in [5, 5.41) is 5.55. The first-order valence-electron chi connectivity index (χ1n) is 7.52. The van der Waals surface area contributed by atoms with Crippen molar-refractivity contribution in [3.05, 3.63) is 16.3 Å². The Labute approximate surface area is 136 Å². The van der Waals surface area contributed by atoms with Gasteiger partial charge in [0.15, 0.2) is 0 Å². The van der Waals surface area contributed by atoms with Crippen LogP contribution in [0.5, 0.6) is 0 Å². The molecule has 0 saturated carbocycles. The standard InChI is InChI=1S/C14H24N2O2S3/c1-2-7-15-11-13-14(6-9-20-13)21(17,18)16-10-12-5-3-4-8-19-12/h6,9,12,15-16H,2-5,7-8,10-11H2,1H3. The summed E-state index contributed by atoms with van der Waals surface area (Å²) in [5.41, 5.74) is 0. The average Bonchev–Trinajstić information content (AvgIpc) is 2.96. The summed E-state index contributed by atoms with van der Waals surface area (Å²) in [6.45, 7) is 4.18. The largest absolute Gasteiger partial charge is 0.312 e. The van der Waals surface area contributed by atoms with Gasteiger partial charge in [-0.2, -0.15) is 11.8 Å². The van der Waals surface area contributed by atoms with E-state index in [1.54, 1.807) is 6.07 Å². The molecule has 1 aliphatic rings. The number of thiophene rings is 1. The van der Waals surface area contributed by atoms with Crippen molar-refractivity contribution in [1.82, 2.24) is 10.0 Å². The van der Waals surface area contributed by atoms with Gasteiger partial charge in [0.05, 0.1) is 4.90 Å². The van der Waals surface area contributed by atoms with Crippen molar-refractivity contribution in [2.45, 2.75) is 49.3 Å². The fourth-order valence-corrected chi connectivity index (χ4v) is 6.16. The first-order valence-corrected chi connectivity index (χ1v) is 10.9. The van der Waals surface area contributed by atoms with E-state index < -0.39 is 10.0 Å². The van der Waals surface area contributed by atoms with Gasteiger partial charge in [0, 0.05) is 23.2 Å². The highest BCUT2D eigenvalue weighted by Gasteiger charge is 2.22. The van der Waals surface area contributed by atoms with Crippen LogP contribution in [-0.4, -0.2) is 32.5 Å². The Kier molecular flexibility index (Phi) is 7.01. The van der Waals surface area contributed by atoms with E-state index >= 15 is 0 Å². The molecule has 1 saturated heterocycles. The maximum atomic E-state index is 12.4.